The largest absolute Gasteiger partial charge is 0.469 e. The lowest BCUT2D eigenvalue weighted by molar-refractivity contribution is -0.216. The third-order valence-corrected chi connectivity index (χ3v) is 22.3. The fourth-order valence-electron chi connectivity index (χ4n) is 18.8. The van der Waals surface area contributed by atoms with Crippen LogP contribution in [-0.4, -0.2) is 74.5 Å². The first-order valence-corrected chi connectivity index (χ1v) is 26.3. The van der Waals surface area contributed by atoms with Crippen LogP contribution in [0.25, 0.3) is 0 Å². The van der Waals surface area contributed by atoms with Crippen LogP contribution in [0.5, 0.6) is 0 Å². The minimum Gasteiger partial charge on any atom is -0.469 e. The predicted octanol–water partition coefficient (Wildman–Crippen LogP) is 9.36. The van der Waals surface area contributed by atoms with Gasteiger partial charge in [0.2, 0.25) is 0 Å². The molecule has 368 valence electrons. The van der Waals surface area contributed by atoms with E-state index in [9.17, 15) is 28.8 Å². The molecule has 0 amide bonds. The number of esters is 6. The van der Waals surface area contributed by atoms with Crippen molar-refractivity contribution in [1.29, 1.82) is 0 Å². The number of hydrogen-bond acceptors (Lipinski definition) is 12. The molecule has 4 saturated heterocycles. The van der Waals surface area contributed by atoms with Crippen molar-refractivity contribution in [1.82, 2.24) is 0 Å². The van der Waals surface area contributed by atoms with E-state index in [0.29, 0.717) is 76.0 Å². The molecule has 12 aliphatic rings. The third-order valence-electron chi connectivity index (χ3n) is 22.3. The van der Waals surface area contributed by atoms with Gasteiger partial charge in [0.05, 0.1) is 14.2 Å². The normalized spacial score (nSPS) is 47.2. The van der Waals surface area contributed by atoms with Gasteiger partial charge in [-0.15, -0.1) is 0 Å². The Bertz CT molecular complexity index is 1780. The average molecular weight is 921 g/mol. The van der Waals surface area contributed by atoms with Crippen LogP contribution in [0, 0.1) is 92.7 Å². The molecule has 12 heteroatoms. The van der Waals surface area contributed by atoms with E-state index in [1.54, 1.807) is 0 Å². The van der Waals surface area contributed by atoms with E-state index in [1.165, 1.54) is 14.2 Å². The molecule has 10 bridgehead atoms. The quantitative estimate of drug-likeness (QED) is 0.129. The van der Waals surface area contributed by atoms with Gasteiger partial charge in [-0.1, -0.05) is 41.5 Å². The highest BCUT2D eigenvalue weighted by Gasteiger charge is 2.68. The molecule has 0 N–H and O–H groups in total. The van der Waals surface area contributed by atoms with Crippen molar-refractivity contribution in [3.8, 4) is 0 Å². The van der Waals surface area contributed by atoms with Gasteiger partial charge in [0.15, 0.2) is 0 Å². The minimum atomic E-state index is -0.896. The van der Waals surface area contributed by atoms with Crippen molar-refractivity contribution in [3.63, 3.8) is 0 Å². The van der Waals surface area contributed by atoms with Gasteiger partial charge >= 0.3 is 35.8 Å². The number of hydrogen-bond donors (Lipinski definition) is 0. The maximum atomic E-state index is 14.8. The first-order chi connectivity index (χ1) is 31.4. The molecule has 8 aliphatic carbocycles. The zero-order valence-corrected chi connectivity index (χ0v) is 41.3. The molecule has 12 rings (SSSR count). The molecule has 0 spiro atoms. The van der Waals surface area contributed by atoms with E-state index in [-0.39, 0.29) is 94.2 Å². The van der Waals surface area contributed by atoms with Crippen molar-refractivity contribution in [2.45, 2.75) is 194 Å². The lowest BCUT2D eigenvalue weighted by Gasteiger charge is -2.63. The number of carbonyl (C=O) groups excluding carboxylic acids is 6. The summed E-state index contributed by atoms with van der Waals surface area (Å²) in [6, 6.07) is 0. The van der Waals surface area contributed by atoms with E-state index >= 15 is 0 Å². The molecule has 12 nitrogen and oxygen atoms in total. The Kier molecular flexibility index (Phi) is 13.0. The van der Waals surface area contributed by atoms with Gasteiger partial charge < -0.3 is 28.4 Å². The SMILES string of the molecule is COC(=O)CC[C@@H](C)[C@H]1CCC2C3CC[C@@H]4C[C@H]5CC[C@]4(C)C3C[C@H](OC(=O)C(=O)O[C@H]3CC4C(CC[C@@H]6C[C@@H](CC[C@]46C)OC(=O)C(=O)O5)C4CC[C@H]([C@H](C)CCC(=O)OC)[C@]43C)[C@@]21C. The smallest absolute Gasteiger partial charge is 0.417 e. The van der Waals surface area contributed by atoms with Gasteiger partial charge in [0.1, 0.15) is 24.4 Å². The Morgan fingerprint density at radius 3 is 1.27 bits per heavy atom. The maximum absolute atomic E-state index is 14.8. The zero-order chi connectivity index (χ0) is 47.1. The molecule has 4 aliphatic heterocycles. The fourth-order valence-corrected chi connectivity index (χ4v) is 18.8. The summed E-state index contributed by atoms with van der Waals surface area (Å²) in [6.45, 7) is 13.8. The molecule has 8 saturated carbocycles. The molecule has 6 unspecified atom stereocenters. The Morgan fingerprint density at radius 2 is 0.894 bits per heavy atom. The molecular formula is C54H80O12. The third kappa shape index (κ3) is 7.82. The summed E-state index contributed by atoms with van der Waals surface area (Å²) in [5.74, 6) is -0.996. The highest BCUT2D eigenvalue weighted by Crippen LogP contribution is 2.71. The summed E-state index contributed by atoms with van der Waals surface area (Å²) >= 11 is 0. The Morgan fingerprint density at radius 1 is 0.515 bits per heavy atom. The van der Waals surface area contributed by atoms with Crippen LogP contribution >= 0.6 is 0 Å². The summed E-state index contributed by atoms with van der Waals surface area (Å²) in [7, 11) is 2.85. The first-order valence-electron chi connectivity index (χ1n) is 26.3. The maximum Gasteiger partial charge on any atom is 0.417 e. The molecule has 0 aromatic rings. The lowest BCUT2D eigenvalue weighted by atomic mass is 9.43. The van der Waals surface area contributed by atoms with E-state index in [0.717, 1.165) is 64.2 Å². The number of methoxy groups -OCH3 is 2. The van der Waals surface area contributed by atoms with E-state index in [1.807, 2.05) is 0 Å². The predicted molar refractivity (Wildman–Crippen MR) is 242 cm³/mol. The van der Waals surface area contributed by atoms with E-state index < -0.39 is 46.9 Å². The Balaban J connectivity index is 1.07. The standard InChI is InChI=1S/C54H80O12/c1-29(9-19-45(55)61-7)37-15-17-39-35-13-11-31-25-33-21-23-51(31,3)41(35)27-43(53(37,39)5)65-49(59)50(60)66-44-28-42-36(40-18-16-38(54(40,44)6)30(2)10-20-46(56)62-8)14-12-32-26-34(22-24-52(32,42)4)64-48(58)47(57)63-33/h29-44H,9-28H2,1-8H3/t29-,30-,31-,32-,33-,34-,35?,36?,37-,38-,39?,40?,41?,42?,43+,44+,51+,52+,53-,54-/m1/s1. The van der Waals surface area contributed by atoms with Crippen molar-refractivity contribution in [2.75, 3.05) is 14.2 Å². The van der Waals surface area contributed by atoms with Gasteiger partial charge in [-0.3, -0.25) is 9.59 Å². The van der Waals surface area contributed by atoms with Gasteiger partial charge in [-0.05, 0) is 197 Å². The summed E-state index contributed by atoms with van der Waals surface area (Å²) in [4.78, 5) is 81.4. The van der Waals surface area contributed by atoms with Crippen LogP contribution in [0.3, 0.4) is 0 Å². The van der Waals surface area contributed by atoms with Crippen LogP contribution in [-0.2, 0) is 57.2 Å². The van der Waals surface area contributed by atoms with Crippen LogP contribution in [0.1, 0.15) is 170 Å². The van der Waals surface area contributed by atoms with Crippen molar-refractivity contribution >= 4 is 35.8 Å². The summed E-state index contributed by atoms with van der Waals surface area (Å²) in [5.41, 5.74) is -1.05. The molecule has 0 radical (unpaired) electrons. The zero-order valence-electron chi connectivity index (χ0n) is 41.3. The van der Waals surface area contributed by atoms with Gasteiger partial charge in [0, 0.05) is 23.7 Å². The Hall–Kier alpha value is -3.18. The van der Waals surface area contributed by atoms with Crippen LogP contribution < -0.4 is 0 Å². The summed E-state index contributed by atoms with van der Waals surface area (Å²) < 4.78 is 35.6. The van der Waals surface area contributed by atoms with Crippen LogP contribution in [0.15, 0.2) is 0 Å². The molecule has 4 heterocycles. The van der Waals surface area contributed by atoms with Gasteiger partial charge in [-0.25, -0.2) is 19.2 Å². The highest BCUT2D eigenvalue weighted by molar-refractivity contribution is 6.30. The minimum absolute atomic E-state index is 0.110. The second-order valence-corrected chi connectivity index (χ2v) is 24.5. The van der Waals surface area contributed by atoms with E-state index in [2.05, 4.69) is 41.5 Å². The van der Waals surface area contributed by atoms with Crippen molar-refractivity contribution in [2.24, 2.45) is 92.7 Å². The lowest BCUT2D eigenvalue weighted by Crippen LogP contribution is -2.61. The topological polar surface area (TPSA) is 158 Å². The summed E-state index contributed by atoms with van der Waals surface area (Å²) in [5, 5.41) is 0. The number of rotatable bonds is 8. The van der Waals surface area contributed by atoms with Crippen LogP contribution in [0.4, 0.5) is 0 Å². The van der Waals surface area contributed by atoms with Crippen molar-refractivity contribution in [3.05, 3.63) is 0 Å². The fraction of sp³-hybridized carbons (Fsp3) is 0.889. The number of fused-ring (bicyclic) bond motifs is 4. The number of carbonyl (C=O) groups is 6. The highest BCUT2D eigenvalue weighted by atomic mass is 16.6. The second-order valence-electron chi connectivity index (χ2n) is 24.5. The molecule has 20 atom stereocenters. The monoisotopic (exact) mass is 921 g/mol. The average Bonchev–Trinajstić information content (AvgIpc) is 3.85. The van der Waals surface area contributed by atoms with E-state index in [4.69, 9.17) is 28.4 Å². The van der Waals surface area contributed by atoms with Crippen LogP contribution in [0.2, 0.25) is 0 Å². The van der Waals surface area contributed by atoms with Gasteiger partial charge in [-0.2, -0.15) is 0 Å². The second kappa shape index (κ2) is 18.0. The molecule has 0 aromatic carbocycles. The molecular weight excluding hydrogens is 841 g/mol. The molecule has 12 fully saturated rings. The van der Waals surface area contributed by atoms with Crippen molar-refractivity contribution < 1.29 is 57.2 Å². The molecule has 66 heavy (non-hydrogen) atoms. The first kappa shape index (κ1) is 47.9. The summed E-state index contributed by atoms with van der Waals surface area (Å²) in [6.07, 6.45) is 13.7. The number of ether oxygens (including phenoxy) is 6. The Labute approximate surface area is 393 Å². The van der Waals surface area contributed by atoms with Gasteiger partial charge in [0.25, 0.3) is 0 Å². The molecule has 0 aromatic heterocycles.